The molecular formula is C13H14FN3. The van der Waals surface area contributed by atoms with Gasteiger partial charge in [-0.1, -0.05) is 6.07 Å². The molecule has 1 aromatic carbocycles. The molecule has 2 N–H and O–H groups in total. The number of nitrogens with zero attached hydrogens (tertiary/aromatic N) is 2. The average molecular weight is 231 g/mol. The van der Waals surface area contributed by atoms with E-state index in [0.29, 0.717) is 0 Å². The average Bonchev–Trinajstić information content (AvgIpc) is 2.31. The van der Waals surface area contributed by atoms with Crippen molar-refractivity contribution in [3.63, 3.8) is 0 Å². The topological polar surface area (TPSA) is 51.8 Å². The number of hydrogen-bond acceptors (Lipinski definition) is 3. The number of nitrogen functional groups attached to an aromatic ring is 1. The van der Waals surface area contributed by atoms with Crippen molar-refractivity contribution < 1.29 is 4.39 Å². The van der Waals surface area contributed by atoms with Gasteiger partial charge in [-0.15, -0.1) is 0 Å². The predicted molar refractivity (Wildman–Crippen MR) is 65.0 cm³/mol. The zero-order valence-corrected chi connectivity index (χ0v) is 9.65. The first-order valence-corrected chi connectivity index (χ1v) is 5.47. The first-order valence-electron chi connectivity index (χ1n) is 5.47. The van der Waals surface area contributed by atoms with Crippen molar-refractivity contribution in [3.05, 3.63) is 53.4 Å². The summed E-state index contributed by atoms with van der Waals surface area (Å²) in [6.07, 6.45) is 3.23. The minimum Gasteiger partial charge on any atom is -0.396 e. The van der Waals surface area contributed by atoms with Gasteiger partial charge in [0.15, 0.2) is 0 Å². The molecule has 4 heteroatoms. The summed E-state index contributed by atoms with van der Waals surface area (Å²) in [6.45, 7) is 1.93. The zero-order valence-electron chi connectivity index (χ0n) is 9.65. The highest BCUT2D eigenvalue weighted by molar-refractivity contribution is 5.42. The Bertz CT molecular complexity index is 526. The van der Waals surface area contributed by atoms with Gasteiger partial charge in [-0.25, -0.2) is 14.4 Å². The molecule has 88 valence electrons. The molecule has 0 saturated heterocycles. The maximum Gasteiger partial charge on any atom is 0.146 e. The Morgan fingerprint density at radius 3 is 2.76 bits per heavy atom. The van der Waals surface area contributed by atoms with Gasteiger partial charge in [0, 0.05) is 18.3 Å². The fourth-order valence-corrected chi connectivity index (χ4v) is 1.63. The van der Waals surface area contributed by atoms with E-state index >= 15 is 0 Å². The minimum atomic E-state index is -0.374. The van der Waals surface area contributed by atoms with Crippen LogP contribution in [0.25, 0.3) is 0 Å². The van der Waals surface area contributed by atoms with E-state index in [0.717, 1.165) is 29.9 Å². The van der Waals surface area contributed by atoms with Crippen molar-refractivity contribution >= 4 is 5.69 Å². The van der Waals surface area contributed by atoms with Crippen molar-refractivity contribution in [1.29, 1.82) is 0 Å². The van der Waals surface area contributed by atoms with Crippen LogP contribution in [0.4, 0.5) is 10.1 Å². The maximum absolute atomic E-state index is 13.0. The van der Waals surface area contributed by atoms with Crippen LogP contribution in [0, 0.1) is 12.7 Å². The number of benzene rings is 1. The molecule has 0 bridgehead atoms. The molecule has 0 unspecified atom stereocenters. The summed E-state index contributed by atoms with van der Waals surface area (Å²) in [4.78, 5) is 8.49. The number of rotatable bonds is 3. The third-order valence-corrected chi connectivity index (χ3v) is 2.54. The highest BCUT2D eigenvalue weighted by Crippen LogP contribution is 2.13. The first-order chi connectivity index (χ1) is 8.15. The van der Waals surface area contributed by atoms with E-state index in [9.17, 15) is 4.39 Å². The zero-order chi connectivity index (χ0) is 12.3. The van der Waals surface area contributed by atoms with E-state index in [1.54, 1.807) is 18.3 Å². The van der Waals surface area contributed by atoms with Crippen molar-refractivity contribution in [2.45, 2.75) is 19.8 Å². The number of anilines is 1. The molecule has 1 aromatic heterocycles. The van der Waals surface area contributed by atoms with E-state index in [1.807, 2.05) is 13.0 Å². The first kappa shape index (κ1) is 11.5. The molecule has 3 nitrogen and oxygen atoms in total. The van der Waals surface area contributed by atoms with Gasteiger partial charge >= 0.3 is 0 Å². The Morgan fingerprint density at radius 1 is 1.24 bits per heavy atom. The molecular weight excluding hydrogens is 217 g/mol. The van der Waals surface area contributed by atoms with Gasteiger partial charge in [-0.3, -0.25) is 0 Å². The lowest BCUT2D eigenvalue weighted by atomic mass is 10.1. The van der Waals surface area contributed by atoms with Gasteiger partial charge < -0.3 is 5.73 Å². The van der Waals surface area contributed by atoms with Crippen LogP contribution >= 0.6 is 0 Å². The lowest BCUT2D eigenvalue weighted by molar-refractivity contribution is 0.631. The highest BCUT2D eigenvalue weighted by Gasteiger charge is 2.02. The largest absolute Gasteiger partial charge is 0.396 e. The molecule has 0 fully saturated rings. The molecule has 0 radical (unpaired) electrons. The van der Waals surface area contributed by atoms with Gasteiger partial charge in [-0.05, 0) is 37.1 Å². The van der Waals surface area contributed by atoms with Crippen LogP contribution in [0.5, 0.6) is 0 Å². The molecule has 0 spiro atoms. The quantitative estimate of drug-likeness (QED) is 0.824. The molecule has 0 aliphatic rings. The monoisotopic (exact) mass is 231 g/mol. The Labute approximate surface area is 99.5 Å². The van der Waals surface area contributed by atoms with E-state index in [-0.39, 0.29) is 11.5 Å². The summed E-state index contributed by atoms with van der Waals surface area (Å²) in [5, 5.41) is 0. The van der Waals surface area contributed by atoms with Gasteiger partial charge in [-0.2, -0.15) is 0 Å². The van der Waals surface area contributed by atoms with Crippen LogP contribution in [0.1, 0.15) is 17.1 Å². The third kappa shape index (κ3) is 3.00. The molecule has 0 amide bonds. The van der Waals surface area contributed by atoms with Gasteiger partial charge in [0.05, 0.1) is 5.69 Å². The Hall–Kier alpha value is -1.97. The van der Waals surface area contributed by atoms with Crippen LogP contribution in [0.3, 0.4) is 0 Å². The highest BCUT2D eigenvalue weighted by atomic mass is 19.1. The fraction of sp³-hybridized carbons (Fsp3) is 0.231. The molecule has 2 aromatic rings. The normalized spacial score (nSPS) is 10.5. The number of hydrogen-bond donors (Lipinski definition) is 1. The minimum absolute atomic E-state index is 0.188. The van der Waals surface area contributed by atoms with Crippen LogP contribution in [-0.2, 0) is 12.8 Å². The summed E-state index contributed by atoms with van der Waals surface area (Å²) in [6, 6.07) is 6.65. The second kappa shape index (κ2) is 4.91. The number of aryl methyl sites for hydroxylation is 3. The van der Waals surface area contributed by atoms with Crippen LogP contribution in [0.15, 0.2) is 30.5 Å². The summed E-state index contributed by atoms with van der Waals surface area (Å²) in [7, 11) is 0. The van der Waals surface area contributed by atoms with Crippen molar-refractivity contribution in [3.8, 4) is 0 Å². The SMILES string of the molecule is Cc1ccnc(CCc2ccc(F)c(N)c2)n1. The molecule has 0 atom stereocenters. The van der Waals surface area contributed by atoms with Crippen LogP contribution < -0.4 is 5.73 Å². The summed E-state index contributed by atoms with van der Waals surface area (Å²) in [5.41, 5.74) is 7.64. The van der Waals surface area contributed by atoms with Crippen LogP contribution in [-0.4, -0.2) is 9.97 Å². The summed E-state index contributed by atoms with van der Waals surface area (Å²) in [5.74, 6) is 0.424. The molecule has 0 aliphatic carbocycles. The summed E-state index contributed by atoms with van der Waals surface area (Å²) < 4.78 is 13.0. The second-order valence-corrected chi connectivity index (χ2v) is 3.97. The lowest BCUT2D eigenvalue weighted by Crippen LogP contribution is -2.00. The predicted octanol–water partition coefficient (Wildman–Crippen LogP) is 2.29. The molecule has 2 rings (SSSR count). The van der Waals surface area contributed by atoms with E-state index < -0.39 is 0 Å². The van der Waals surface area contributed by atoms with Gasteiger partial charge in [0.1, 0.15) is 11.6 Å². The third-order valence-electron chi connectivity index (χ3n) is 2.54. The second-order valence-electron chi connectivity index (χ2n) is 3.97. The molecule has 17 heavy (non-hydrogen) atoms. The maximum atomic E-state index is 13.0. The van der Waals surface area contributed by atoms with Crippen LogP contribution in [0.2, 0.25) is 0 Å². The Kier molecular flexibility index (Phi) is 3.32. The molecule has 0 aliphatic heterocycles. The van der Waals surface area contributed by atoms with E-state index in [2.05, 4.69) is 9.97 Å². The lowest BCUT2D eigenvalue weighted by Gasteiger charge is -2.03. The number of halogens is 1. The van der Waals surface area contributed by atoms with Crippen molar-refractivity contribution in [2.75, 3.05) is 5.73 Å². The molecule has 1 heterocycles. The van der Waals surface area contributed by atoms with Crippen molar-refractivity contribution in [2.24, 2.45) is 0 Å². The Balaban J connectivity index is 2.05. The smallest absolute Gasteiger partial charge is 0.146 e. The fourth-order valence-electron chi connectivity index (χ4n) is 1.63. The Morgan fingerprint density at radius 2 is 2.06 bits per heavy atom. The number of aromatic nitrogens is 2. The standard InChI is InChI=1S/C13H14FN3/c1-9-6-7-16-13(17-9)5-3-10-2-4-11(14)12(15)8-10/h2,4,6-8H,3,5,15H2,1H3. The van der Waals surface area contributed by atoms with E-state index in [1.165, 1.54) is 6.07 Å². The molecule has 0 saturated carbocycles. The summed E-state index contributed by atoms with van der Waals surface area (Å²) >= 11 is 0. The van der Waals surface area contributed by atoms with Gasteiger partial charge in [0.2, 0.25) is 0 Å². The van der Waals surface area contributed by atoms with Crippen molar-refractivity contribution in [1.82, 2.24) is 9.97 Å². The van der Waals surface area contributed by atoms with Gasteiger partial charge in [0.25, 0.3) is 0 Å². The number of nitrogens with two attached hydrogens (primary N) is 1. The van der Waals surface area contributed by atoms with E-state index in [4.69, 9.17) is 5.73 Å².